The highest BCUT2D eigenvalue weighted by atomic mass is 32.2. The first-order chi connectivity index (χ1) is 14.3. The van der Waals surface area contributed by atoms with Gasteiger partial charge in [0.25, 0.3) is 0 Å². The SMILES string of the molecule is O=C(CSc1nnc(C2CC2)n1Cc1ccccc1)NCCCc1ccccc1. The maximum Gasteiger partial charge on any atom is 0.230 e. The second-order valence-electron chi connectivity index (χ2n) is 7.41. The Morgan fingerprint density at radius 2 is 1.69 bits per heavy atom. The van der Waals surface area contributed by atoms with E-state index in [-0.39, 0.29) is 5.91 Å². The molecule has 1 N–H and O–H groups in total. The van der Waals surface area contributed by atoms with Gasteiger partial charge in [0.2, 0.25) is 5.91 Å². The third kappa shape index (κ3) is 5.70. The van der Waals surface area contributed by atoms with Crippen molar-refractivity contribution in [3.63, 3.8) is 0 Å². The minimum atomic E-state index is 0.0466. The van der Waals surface area contributed by atoms with E-state index in [1.165, 1.54) is 35.7 Å². The molecule has 0 saturated heterocycles. The summed E-state index contributed by atoms with van der Waals surface area (Å²) in [6.07, 6.45) is 4.28. The van der Waals surface area contributed by atoms with Crippen LogP contribution in [0.25, 0.3) is 0 Å². The number of benzene rings is 2. The van der Waals surface area contributed by atoms with Gasteiger partial charge in [-0.15, -0.1) is 10.2 Å². The van der Waals surface area contributed by atoms with Crippen molar-refractivity contribution in [2.24, 2.45) is 0 Å². The summed E-state index contributed by atoms with van der Waals surface area (Å²) in [5.74, 6) is 1.99. The molecule has 0 radical (unpaired) electrons. The number of amides is 1. The van der Waals surface area contributed by atoms with E-state index in [1.54, 1.807) is 0 Å². The van der Waals surface area contributed by atoms with Gasteiger partial charge in [0.1, 0.15) is 5.82 Å². The first kappa shape index (κ1) is 19.7. The third-order valence-corrected chi connectivity index (χ3v) is 5.98. The molecule has 1 aliphatic rings. The highest BCUT2D eigenvalue weighted by molar-refractivity contribution is 7.99. The van der Waals surface area contributed by atoms with Gasteiger partial charge in [-0.05, 0) is 36.8 Å². The highest BCUT2D eigenvalue weighted by Crippen LogP contribution is 2.40. The van der Waals surface area contributed by atoms with Crippen LogP contribution in [0.4, 0.5) is 0 Å². The lowest BCUT2D eigenvalue weighted by molar-refractivity contribution is -0.118. The van der Waals surface area contributed by atoms with Gasteiger partial charge >= 0.3 is 0 Å². The monoisotopic (exact) mass is 406 g/mol. The predicted molar refractivity (Wildman–Crippen MR) is 116 cm³/mol. The lowest BCUT2D eigenvalue weighted by Gasteiger charge is -2.10. The molecule has 150 valence electrons. The molecule has 1 aromatic heterocycles. The Morgan fingerprint density at radius 1 is 1.00 bits per heavy atom. The molecule has 29 heavy (non-hydrogen) atoms. The van der Waals surface area contributed by atoms with Gasteiger partial charge in [0.05, 0.1) is 12.3 Å². The molecule has 1 heterocycles. The Hall–Kier alpha value is -2.60. The van der Waals surface area contributed by atoms with Gasteiger partial charge in [-0.1, -0.05) is 72.4 Å². The normalized spacial score (nSPS) is 13.4. The predicted octanol–water partition coefficient (Wildman–Crippen LogP) is 4.04. The van der Waals surface area contributed by atoms with Crippen molar-refractivity contribution in [3.8, 4) is 0 Å². The first-order valence-corrected chi connectivity index (χ1v) is 11.2. The summed E-state index contributed by atoms with van der Waals surface area (Å²) in [7, 11) is 0. The lowest BCUT2D eigenvalue weighted by Crippen LogP contribution is -2.26. The van der Waals surface area contributed by atoms with Gasteiger partial charge in [-0.3, -0.25) is 4.79 Å². The van der Waals surface area contributed by atoms with Crippen molar-refractivity contribution in [1.82, 2.24) is 20.1 Å². The molecule has 0 unspecified atom stereocenters. The van der Waals surface area contributed by atoms with E-state index in [9.17, 15) is 4.79 Å². The molecule has 5 nitrogen and oxygen atoms in total. The molecule has 2 aromatic carbocycles. The number of aryl methyl sites for hydroxylation is 1. The topological polar surface area (TPSA) is 59.8 Å². The fourth-order valence-electron chi connectivity index (χ4n) is 3.31. The Labute approximate surface area is 175 Å². The zero-order chi connectivity index (χ0) is 19.9. The van der Waals surface area contributed by atoms with Crippen molar-refractivity contribution < 1.29 is 4.79 Å². The smallest absolute Gasteiger partial charge is 0.230 e. The van der Waals surface area contributed by atoms with Crippen LogP contribution in [0.1, 0.15) is 42.1 Å². The second kappa shape index (κ2) is 9.74. The fraction of sp³-hybridized carbons (Fsp3) is 0.348. The number of hydrogen-bond acceptors (Lipinski definition) is 4. The lowest BCUT2D eigenvalue weighted by atomic mass is 10.1. The number of aromatic nitrogens is 3. The van der Waals surface area contributed by atoms with Crippen molar-refractivity contribution >= 4 is 17.7 Å². The standard InChI is InChI=1S/C23H26N4OS/c28-21(24-15-7-12-18-8-3-1-4-9-18)17-29-23-26-25-22(20-13-14-20)27(23)16-19-10-5-2-6-11-19/h1-6,8-11,20H,7,12-17H2,(H,24,28). The van der Waals surface area contributed by atoms with Crippen molar-refractivity contribution in [1.29, 1.82) is 0 Å². The van der Waals surface area contributed by atoms with Crippen LogP contribution in [-0.4, -0.2) is 33.0 Å². The van der Waals surface area contributed by atoms with Gasteiger partial charge in [-0.2, -0.15) is 0 Å². The molecule has 0 spiro atoms. The van der Waals surface area contributed by atoms with Crippen LogP contribution >= 0.6 is 11.8 Å². The molecule has 1 fully saturated rings. The largest absolute Gasteiger partial charge is 0.355 e. The van der Waals surface area contributed by atoms with E-state index in [4.69, 9.17) is 0 Å². The number of hydrogen-bond donors (Lipinski definition) is 1. The number of rotatable bonds is 10. The van der Waals surface area contributed by atoms with Crippen molar-refractivity contribution in [2.75, 3.05) is 12.3 Å². The Kier molecular flexibility index (Phi) is 6.62. The molecule has 0 aliphatic heterocycles. The van der Waals surface area contributed by atoms with Crippen LogP contribution in [0.3, 0.4) is 0 Å². The molecule has 1 amide bonds. The van der Waals surface area contributed by atoms with E-state index in [1.807, 2.05) is 36.4 Å². The molecule has 4 rings (SSSR count). The van der Waals surface area contributed by atoms with Gasteiger partial charge in [-0.25, -0.2) is 0 Å². The molecule has 0 bridgehead atoms. The van der Waals surface area contributed by atoms with Crippen molar-refractivity contribution in [3.05, 3.63) is 77.6 Å². The van der Waals surface area contributed by atoms with Gasteiger partial charge in [0, 0.05) is 12.5 Å². The molecule has 6 heteroatoms. The van der Waals surface area contributed by atoms with Gasteiger partial charge < -0.3 is 9.88 Å². The molecule has 1 aliphatic carbocycles. The summed E-state index contributed by atoms with van der Waals surface area (Å²) in [5.41, 5.74) is 2.53. The average Bonchev–Trinajstić information content (AvgIpc) is 3.53. The van der Waals surface area contributed by atoms with Crippen LogP contribution in [0.5, 0.6) is 0 Å². The maximum absolute atomic E-state index is 12.3. The summed E-state index contributed by atoms with van der Waals surface area (Å²) >= 11 is 1.47. The van der Waals surface area contributed by atoms with Crippen LogP contribution in [0, 0.1) is 0 Å². The van der Waals surface area contributed by atoms with Crippen LogP contribution in [0.15, 0.2) is 65.8 Å². The number of nitrogens with one attached hydrogen (secondary N) is 1. The summed E-state index contributed by atoms with van der Waals surface area (Å²) in [6.45, 7) is 1.44. The van der Waals surface area contributed by atoms with E-state index < -0.39 is 0 Å². The Balaban J connectivity index is 1.28. The zero-order valence-corrected chi connectivity index (χ0v) is 17.3. The Bertz CT molecular complexity index is 923. The quantitative estimate of drug-likeness (QED) is 0.408. The maximum atomic E-state index is 12.3. The van der Waals surface area contributed by atoms with Crippen molar-refractivity contribution in [2.45, 2.75) is 43.3 Å². The summed E-state index contributed by atoms with van der Waals surface area (Å²) in [5, 5.41) is 12.6. The van der Waals surface area contributed by atoms with Gasteiger partial charge in [0.15, 0.2) is 5.16 Å². The molecule has 3 aromatic rings. The van der Waals surface area contributed by atoms with Crippen LogP contribution < -0.4 is 5.32 Å². The number of thioether (sulfide) groups is 1. The summed E-state index contributed by atoms with van der Waals surface area (Å²) in [4.78, 5) is 12.3. The van der Waals surface area contributed by atoms with E-state index in [0.29, 0.717) is 18.2 Å². The number of nitrogens with zero attached hydrogens (tertiary/aromatic N) is 3. The summed E-state index contributed by atoms with van der Waals surface area (Å²) < 4.78 is 2.18. The fourth-order valence-corrected chi connectivity index (χ4v) is 4.09. The molecule has 1 saturated carbocycles. The van der Waals surface area contributed by atoms with Crippen LogP contribution in [0.2, 0.25) is 0 Å². The first-order valence-electron chi connectivity index (χ1n) is 10.2. The number of carbonyl (C=O) groups is 1. The summed E-state index contributed by atoms with van der Waals surface area (Å²) in [6, 6.07) is 20.7. The highest BCUT2D eigenvalue weighted by Gasteiger charge is 2.30. The van der Waals surface area contributed by atoms with Crippen LogP contribution in [-0.2, 0) is 17.8 Å². The van der Waals surface area contributed by atoms with E-state index >= 15 is 0 Å². The third-order valence-electron chi connectivity index (χ3n) is 5.01. The van der Waals surface area contributed by atoms with E-state index in [2.05, 4.69) is 44.3 Å². The molecular weight excluding hydrogens is 380 g/mol. The second-order valence-corrected chi connectivity index (χ2v) is 8.36. The minimum absolute atomic E-state index is 0.0466. The average molecular weight is 407 g/mol. The minimum Gasteiger partial charge on any atom is -0.355 e. The number of carbonyl (C=O) groups excluding carboxylic acids is 1. The Morgan fingerprint density at radius 3 is 2.38 bits per heavy atom. The molecular formula is C23H26N4OS. The van der Waals surface area contributed by atoms with E-state index in [0.717, 1.165) is 30.4 Å². The zero-order valence-electron chi connectivity index (χ0n) is 16.5. The molecule has 0 atom stereocenters.